The third-order valence-corrected chi connectivity index (χ3v) is 7.68. The highest BCUT2D eigenvalue weighted by atomic mass is 14.9. The van der Waals surface area contributed by atoms with Crippen LogP contribution in [0.25, 0.3) is 0 Å². The molecule has 0 heterocycles. The second-order valence-corrected chi connectivity index (χ2v) is 13.2. The number of hydrogen-bond donors (Lipinski definition) is 2. The minimum atomic E-state index is 0.421. The monoisotopic (exact) mass is 590 g/mol. The van der Waals surface area contributed by atoms with Crippen molar-refractivity contribution in [3.8, 4) is 0 Å². The molecule has 3 aromatic rings. The van der Waals surface area contributed by atoms with E-state index >= 15 is 0 Å². The van der Waals surface area contributed by atoms with Crippen LogP contribution in [0.4, 0.5) is 22.7 Å². The second kappa shape index (κ2) is 15.7. The minimum absolute atomic E-state index is 0.421. The first kappa shape index (κ1) is 34.6. The van der Waals surface area contributed by atoms with Crippen LogP contribution >= 0.6 is 0 Å². The van der Waals surface area contributed by atoms with Crippen molar-refractivity contribution in [3.05, 3.63) is 106 Å². The molecule has 0 atom stereocenters. The summed E-state index contributed by atoms with van der Waals surface area (Å²) in [5, 5.41) is 7.04. The van der Waals surface area contributed by atoms with Crippen LogP contribution in [0.3, 0.4) is 0 Å². The first-order chi connectivity index (χ1) is 20.8. The quantitative estimate of drug-likeness (QED) is 0.206. The lowest BCUT2D eigenvalue weighted by atomic mass is 9.93. The summed E-state index contributed by atoms with van der Waals surface area (Å²) in [5.74, 6) is 1.68. The number of hydrogen-bond acceptors (Lipinski definition) is 4. The Kier molecular flexibility index (Phi) is 12.3. The van der Waals surface area contributed by atoms with E-state index in [-0.39, 0.29) is 0 Å². The molecule has 0 saturated carbocycles. The Morgan fingerprint density at radius 3 is 1.00 bits per heavy atom. The highest BCUT2D eigenvalue weighted by molar-refractivity contribution is 5.96. The van der Waals surface area contributed by atoms with Gasteiger partial charge >= 0.3 is 0 Å². The van der Waals surface area contributed by atoms with E-state index in [0.29, 0.717) is 23.7 Å². The van der Waals surface area contributed by atoms with E-state index in [0.717, 1.165) is 45.6 Å². The Hall–Kier alpha value is -3.92. The van der Waals surface area contributed by atoms with Crippen LogP contribution in [0.2, 0.25) is 0 Å². The van der Waals surface area contributed by atoms with Crippen molar-refractivity contribution in [2.75, 3.05) is 10.6 Å². The second-order valence-electron chi connectivity index (χ2n) is 13.2. The Bertz CT molecular complexity index is 1360. The molecule has 3 rings (SSSR count). The SMILES string of the molecule is CC(=CC(C)=Nc1c(C(C)C)cccc1C(C)C)Nc1ccc(N/C(C)=C\C(C)=Nc2c(C(C)C)cccc2C(C)C)cc1. The zero-order valence-corrected chi connectivity index (χ0v) is 29.1. The lowest BCUT2D eigenvalue weighted by molar-refractivity contribution is 0.834. The normalized spacial score (nSPS) is 13.5. The molecule has 0 fully saturated rings. The summed E-state index contributed by atoms with van der Waals surface area (Å²) >= 11 is 0. The van der Waals surface area contributed by atoms with Gasteiger partial charge in [0.25, 0.3) is 0 Å². The van der Waals surface area contributed by atoms with Crippen LogP contribution in [-0.4, -0.2) is 11.4 Å². The third-order valence-electron chi connectivity index (χ3n) is 7.68. The van der Waals surface area contributed by atoms with Gasteiger partial charge < -0.3 is 10.6 Å². The van der Waals surface area contributed by atoms with E-state index < -0.39 is 0 Å². The van der Waals surface area contributed by atoms with Gasteiger partial charge in [0.05, 0.1) is 11.4 Å². The molecule has 0 aromatic heterocycles. The zero-order valence-electron chi connectivity index (χ0n) is 29.1. The molecule has 0 bridgehead atoms. The van der Waals surface area contributed by atoms with E-state index in [2.05, 4.69) is 167 Å². The van der Waals surface area contributed by atoms with E-state index in [1.807, 2.05) is 0 Å². The maximum atomic E-state index is 5.08. The van der Waals surface area contributed by atoms with Crippen molar-refractivity contribution >= 4 is 34.2 Å². The topological polar surface area (TPSA) is 48.8 Å². The van der Waals surface area contributed by atoms with Gasteiger partial charge in [0.1, 0.15) is 0 Å². The van der Waals surface area contributed by atoms with E-state index in [9.17, 15) is 0 Å². The van der Waals surface area contributed by atoms with Crippen LogP contribution in [0, 0.1) is 0 Å². The zero-order chi connectivity index (χ0) is 32.6. The van der Waals surface area contributed by atoms with Crippen LogP contribution in [-0.2, 0) is 0 Å². The molecular formula is C40H54N4. The first-order valence-electron chi connectivity index (χ1n) is 16.1. The maximum absolute atomic E-state index is 5.08. The van der Waals surface area contributed by atoms with Crippen molar-refractivity contribution in [2.45, 2.75) is 107 Å². The van der Waals surface area contributed by atoms with Gasteiger partial charge in [0.15, 0.2) is 0 Å². The summed E-state index contributed by atoms with van der Waals surface area (Å²) in [6, 6.07) is 21.5. The molecule has 4 nitrogen and oxygen atoms in total. The van der Waals surface area contributed by atoms with Crippen molar-refractivity contribution in [1.82, 2.24) is 0 Å². The molecule has 44 heavy (non-hydrogen) atoms. The number of benzene rings is 3. The highest BCUT2D eigenvalue weighted by Gasteiger charge is 2.14. The fourth-order valence-electron chi connectivity index (χ4n) is 5.49. The molecule has 0 spiro atoms. The summed E-state index contributed by atoms with van der Waals surface area (Å²) in [4.78, 5) is 10.2. The van der Waals surface area contributed by atoms with Gasteiger partial charge in [0, 0.05) is 34.2 Å². The number of aliphatic imine (C=N–C) groups is 2. The number of allylic oxidation sites excluding steroid dienone is 4. The fourth-order valence-corrected chi connectivity index (χ4v) is 5.49. The van der Waals surface area contributed by atoms with E-state index in [1.54, 1.807) is 0 Å². The molecule has 0 amide bonds. The maximum Gasteiger partial charge on any atom is 0.0701 e. The van der Waals surface area contributed by atoms with Gasteiger partial charge in [-0.05, 0) is 110 Å². The average molecular weight is 591 g/mol. The van der Waals surface area contributed by atoms with E-state index in [1.165, 1.54) is 22.3 Å². The Morgan fingerprint density at radius 1 is 0.477 bits per heavy atom. The lowest BCUT2D eigenvalue weighted by Crippen LogP contribution is -2.01. The summed E-state index contributed by atoms with van der Waals surface area (Å²) in [6.07, 6.45) is 4.23. The molecule has 0 aliphatic rings. The van der Waals surface area contributed by atoms with Crippen molar-refractivity contribution in [3.63, 3.8) is 0 Å². The van der Waals surface area contributed by atoms with Crippen LogP contribution < -0.4 is 10.6 Å². The number of para-hydroxylation sites is 2. The average Bonchev–Trinajstić information content (AvgIpc) is 2.93. The number of nitrogens with zero attached hydrogens (tertiary/aromatic N) is 2. The molecule has 3 aromatic carbocycles. The van der Waals surface area contributed by atoms with Gasteiger partial charge in [-0.3, -0.25) is 9.98 Å². The number of anilines is 2. The standard InChI is InChI=1S/C40H54N4/c1-25(2)35-15-13-16-36(26(3)4)39(35)43-31(11)23-29(9)41-33-19-21-34(22-20-33)42-30(10)24-32(12)44-40-37(27(5)6)17-14-18-38(40)28(7)8/h13-28,41-42H,1-12H3/b29-23-,30-24?,43-31?,44-32?. The van der Waals surface area contributed by atoms with Gasteiger partial charge in [-0.1, -0.05) is 91.8 Å². The third kappa shape index (κ3) is 9.54. The first-order valence-corrected chi connectivity index (χ1v) is 16.1. The van der Waals surface area contributed by atoms with Gasteiger partial charge in [-0.2, -0.15) is 0 Å². The predicted molar refractivity (Wildman–Crippen MR) is 196 cm³/mol. The van der Waals surface area contributed by atoms with Crippen molar-refractivity contribution < 1.29 is 0 Å². The van der Waals surface area contributed by atoms with Gasteiger partial charge in [0.2, 0.25) is 0 Å². The van der Waals surface area contributed by atoms with Crippen LogP contribution in [0.15, 0.2) is 94.2 Å². The molecule has 0 aliphatic heterocycles. The molecule has 0 saturated heterocycles. The summed E-state index contributed by atoms with van der Waals surface area (Å²) < 4.78 is 0. The van der Waals surface area contributed by atoms with Gasteiger partial charge in [-0.25, -0.2) is 0 Å². The molecule has 234 valence electrons. The van der Waals surface area contributed by atoms with Crippen LogP contribution in [0.5, 0.6) is 0 Å². The Labute approximate surface area is 267 Å². The minimum Gasteiger partial charge on any atom is -0.359 e. The molecule has 0 radical (unpaired) electrons. The smallest absolute Gasteiger partial charge is 0.0701 e. The Morgan fingerprint density at radius 2 is 0.750 bits per heavy atom. The van der Waals surface area contributed by atoms with Crippen LogP contribution in [0.1, 0.15) is 129 Å². The van der Waals surface area contributed by atoms with Gasteiger partial charge in [-0.15, -0.1) is 0 Å². The largest absolute Gasteiger partial charge is 0.359 e. The fraction of sp³-hybridized carbons (Fsp3) is 0.400. The molecule has 4 heteroatoms. The number of rotatable bonds is 12. The highest BCUT2D eigenvalue weighted by Crippen LogP contribution is 2.36. The van der Waals surface area contributed by atoms with Crippen molar-refractivity contribution in [2.24, 2.45) is 9.98 Å². The summed E-state index contributed by atoms with van der Waals surface area (Å²) in [6.45, 7) is 26.2. The summed E-state index contributed by atoms with van der Waals surface area (Å²) in [7, 11) is 0. The molecule has 0 aliphatic carbocycles. The predicted octanol–water partition coefficient (Wildman–Crippen LogP) is 12.4. The number of nitrogens with one attached hydrogen (secondary N) is 2. The molecule has 2 N–H and O–H groups in total. The summed E-state index contributed by atoms with van der Waals surface area (Å²) in [5.41, 5.74) is 13.5. The molecule has 0 unspecified atom stereocenters. The van der Waals surface area contributed by atoms with Crippen molar-refractivity contribution in [1.29, 1.82) is 0 Å². The lowest BCUT2D eigenvalue weighted by Gasteiger charge is -2.17. The van der Waals surface area contributed by atoms with E-state index in [4.69, 9.17) is 9.98 Å². The Balaban J connectivity index is 1.73. The molecular weight excluding hydrogens is 536 g/mol.